The Morgan fingerprint density at radius 3 is 0.488 bits per heavy atom. The van der Waals surface area contributed by atoms with Gasteiger partial charge in [0.2, 0.25) is 0 Å². The van der Waals surface area contributed by atoms with E-state index in [2.05, 4.69) is 20.8 Å². The van der Waals surface area contributed by atoms with Gasteiger partial charge >= 0.3 is 17.9 Å². The van der Waals surface area contributed by atoms with Crippen molar-refractivity contribution in [3.8, 4) is 0 Å². The molecule has 0 aromatic carbocycles. The molecule has 1 unspecified atom stereocenters. The van der Waals surface area contributed by atoms with Gasteiger partial charge in [0.1, 0.15) is 13.2 Å². The third-order valence-electron chi connectivity index (χ3n) is 17.9. The zero-order valence-corrected chi connectivity index (χ0v) is 56.3. The average Bonchev–Trinajstić information content (AvgIpc) is 3.47. The maximum absolute atomic E-state index is 13.0. The van der Waals surface area contributed by atoms with Crippen LogP contribution in [0, 0.1) is 0 Å². The van der Waals surface area contributed by atoms with Gasteiger partial charge in [0, 0.05) is 19.3 Å². The van der Waals surface area contributed by atoms with Crippen molar-refractivity contribution in [2.45, 2.75) is 457 Å². The minimum atomic E-state index is -0.763. The Morgan fingerprint density at radius 1 is 0.195 bits per heavy atom. The highest BCUT2D eigenvalue weighted by Crippen LogP contribution is 2.20. The molecule has 0 aliphatic carbocycles. The summed E-state index contributed by atoms with van der Waals surface area (Å²) in [5.41, 5.74) is 0. The molecule has 0 aromatic rings. The van der Waals surface area contributed by atoms with E-state index < -0.39 is 6.10 Å². The number of carbonyl (C=O) groups excluding carboxylic acids is 3. The highest BCUT2D eigenvalue weighted by Gasteiger charge is 2.20. The fraction of sp³-hybridized carbons (Fsp3) is 0.961. The second kappa shape index (κ2) is 71.9. The van der Waals surface area contributed by atoms with Crippen LogP contribution in [0.15, 0.2) is 0 Å². The monoisotopic (exact) mass is 1160 g/mol. The molecular weight excluding hydrogens is 1010 g/mol. The lowest BCUT2D eigenvalue weighted by molar-refractivity contribution is -0.167. The van der Waals surface area contributed by atoms with Crippen molar-refractivity contribution in [3.05, 3.63) is 0 Å². The molecule has 0 aliphatic heterocycles. The lowest BCUT2D eigenvalue weighted by atomic mass is 10.0. The molecule has 0 N–H and O–H groups in total. The maximum Gasteiger partial charge on any atom is 0.306 e. The highest BCUT2D eigenvalue weighted by atomic mass is 16.6. The molecule has 0 rings (SSSR count). The summed E-state index contributed by atoms with van der Waals surface area (Å²) in [5.74, 6) is -0.819. The molecule has 0 fully saturated rings. The lowest BCUT2D eigenvalue weighted by Gasteiger charge is -2.18. The molecule has 488 valence electrons. The standard InChI is InChI=1S/C76H148O6/c1-4-7-10-13-16-19-22-25-27-29-31-33-34-35-36-37-38-39-40-41-42-44-45-47-49-51-54-57-60-63-66-69-75(78)81-72-73(71-80-74(77)68-65-62-59-56-53-24-21-18-15-12-9-6-3)82-76(79)70-67-64-61-58-55-52-50-48-46-43-32-30-28-26-23-20-17-14-11-8-5-2/h73H,4-72H2,1-3H3. The van der Waals surface area contributed by atoms with Crippen LogP contribution in [-0.4, -0.2) is 37.2 Å². The van der Waals surface area contributed by atoms with E-state index in [4.69, 9.17) is 14.2 Å². The van der Waals surface area contributed by atoms with Crippen LogP contribution >= 0.6 is 0 Å². The van der Waals surface area contributed by atoms with Gasteiger partial charge in [-0.2, -0.15) is 0 Å². The summed E-state index contributed by atoms with van der Waals surface area (Å²) in [4.78, 5) is 38.4. The Hall–Kier alpha value is -1.59. The minimum Gasteiger partial charge on any atom is -0.462 e. The van der Waals surface area contributed by atoms with Crippen molar-refractivity contribution >= 4 is 17.9 Å². The van der Waals surface area contributed by atoms with Gasteiger partial charge < -0.3 is 14.2 Å². The van der Waals surface area contributed by atoms with Crippen LogP contribution in [0.4, 0.5) is 0 Å². The van der Waals surface area contributed by atoms with E-state index in [1.807, 2.05) is 0 Å². The lowest BCUT2D eigenvalue weighted by Crippen LogP contribution is -2.30. The maximum atomic E-state index is 13.0. The quantitative estimate of drug-likeness (QED) is 0.0343. The molecule has 0 aliphatic rings. The normalized spacial score (nSPS) is 11.9. The Bertz CT molecular complexity index is 1240. The van der Waals surface area contributed by atoms with Crippen LogP contribution in [0.3, 0.4) is 0 Å². The third kappa shape index (κ3) is 69.2. The number of hydrogen-bond donors (Lipinski definition) is 0. The first kappa shape index (κ1) is 80.4. The van der Waals surface area contributed by atoms with E-state index in [0.29, 0.717) is 19.3 Å². The molecule has 0 amide bonds. The smallest absolute Gasteiger partial charge is 0.306 e. The predicted molar refractivity (Wildman–Crippen MR) is 358 cm³/mol. The number of hydrogen-bond acceptors (Lipinski definition) is 6. The van der Waals surface area contributed by atoms with Gasteiger partial charge in [0.15, 0.2) is 6.10 Å². The summed E-state index contributed by atoms with van der Waals surface area (Å²) in [6.07, 6.45) is 86.0. The highest BCUT2D eigenvalue weighted by molar-refractivity contribution is 5.71. The fourth-order valence-electron chi connectivity index (χ4n) is 12.2. The van der Waals surface area contributed by atoms with Crippen molar-refractivity contribution in [1.82, 2.24) is 0 Å². The van der Waals surface area contributed by atoms with E-state index in [-0.39, 0.29) is 31.1 Å². The summed E-state index contributed by atoms with van der Waals surface area (Å²) in [7, 11) is 0. The molecule has 0 aromatic heterocycles. The number of carbonyl (C=O) groups is 3. The van der Waals surface area contributed by atoms with Crippen LogP contribution in [0.1, 0.15) is 451 Å². The Morgan fingerprint density at radius 2 is 0.329 bits per heavy atom. The van der Waals surface area contributed by atoms with Crippen LogP contribution in [-0.2, 0) is 28.6 Å². The topological polar surface area (TPSA) is 78.9 Å². The predicted octanol–water partition coefficient (Wildman–Crippen LogP) is 26.2. The van der Waals surface area contributed by atoms with Crippen LogP contribution in [0.5, 0.6) is 0 Å². The second-order valence-corrected chi connectivity index (χ2v) is 26.3. The van der Waals surface area contributed by atoms with Crippen LogP contribution in [0.2, 0.25) is 0 Å². The van der Waals surface area contributed by atoms with Gasteiger partial charge in [0.05, 0.1) is 0 Å². The van der Waals surface area contributed by atoms with Crippen molar-refractivity contribution in [1.29, 1.82) is 0 Å². The fourth-order valence-corrected chi connectivity index (χ4v) is 12.2. The molecule has 6 heteroatoms. The van der Waals surface area contributed by atoms with Gasteiger partial charge in [-0.3, -0.25) is 14.4 Å². The van der Waals surface area contributed by atoms with Crippen molar-refractivity contribution in [2.75, 3.05) is 13.2 Å². The summed E-state index contributed by atoms with van der Waals surface area (Å²) in [5, 5.41) is 0. The van der Waals surface area contributed by atoms with E-state index in [1.165, 1.54) is 353 Å². The Balaban J connectivity index is 4.09. The van der Waals surface area contributed by atoms with Crippen LogP contribution in [0.25, 0.3) is 0 Å². The number of unbranched alkanes of at least 4 members (excludes halogenated alkanes) is 61. The number of ether oxygens (including phenoxy) is 3. The van der Waals surface area contributed by atoms with Crippen LogP contribution < -0.4 is 0 Å². The molecule has 1 atom stereocenters. The molecule has 0 spiro atoms. The van der Waals surface area contributed by atoms with E-state index in [1.54, 1.807) is 0 Å². The largest absolute Gasteiger partial charge is 0.462 e. The summed E-state index contributed by atoms with van der Waals surface area (Å²) < 4.78 is 17.0. The second-order valence-electron chi connectivity index (χ2n) is 26.3. The van der Waals surface area contributed by atoms with Crippen molar-refractivity contribution in [2.24, 2.45) is 0 Å². The van der Waals surface area contributed by atoms with Gasteiger partial charge in [-0.25, -0.2) is 0 Å². The Labute approximate surface area is 514 Å². The Kier molecular flexibility index (Phi) is 70.5. The van der Waals surface area contributed by atoms with Crippen molar-refractivity contribution in [3.63, 3.8) is 0 Å². The molecule has 0 saturated heterocycles. The summed E-state index contributed by atoms with van der Waals surface area (Å²) in [6, 6.07) is 0. The molecule has 0 heterocycles. The first-order valence-electron chi connectivity index (χ1n) is 38.0. The van der Waals surface area contributed by atoms with E-state index >= 15 is 0 Å². The van der Waals surface area contributed by atoms with Gasteiger partial charge in [-0.1, -0.05) is 412 Å². The van der Waals surface area contributed by atoms with Gasteiger partial charge in [-0.15, -0.1) is 0 Å². The van der Waals surface area contributed by atoms with E-state index in [9.17, 15) is 14.4 Å². The SMILES string of the molecule is CCCCCCCCCCCCCCCCCCCCCCCCCCCCCCCCCC(=O)OCC(COC(=O)CCCCCCCCCCCCCC)OC(=O)CCCCCCCCCCCCCCCCCCCCCCC. The molecule has 82 heavy (non-hydrogen) atoms. The molecular formula is C76H148O6. The number of rotatable bonds is 72. The molecule has 0 bridgehead atoms. The summed E-state index contributed by atoms with van der Waals surface area (Å²) in [6.45, 7) is 6.74. The van der Waals surface area contributed by atoms with Crippen molar-refractivity contribution < 1.29 is 28.6 Å². The first-order chi connectivity index (χ1) is 40.5. The third-order valence-corrected chi connectivity index (χ3v) is 17.9. The van der Waals surface area contributed by atoms with E-state index in [0.717, 1.165) is 57.8 Å². The average molecular weight is 1160 g/mol. The molecule has 0 saturated carbocycles. The first-order valence-corrected chi connectivity index (χ1v) is 38.0. The van der Waals surface area contributed by atoms with Gasteiger partial charge in [0.25, 0.3) is 0 Å². The number of esters is 3. The molecule has 6 nitrogen and oxygen atoms in total. The minimum absolute atomic E-state index is 0.0601. The zero-order valence-electron chi connectivity index (χ0n) is 56.3. The molecule has 0 radical (unpaired) electrons. The summed E-state index contributed by atoms with van der Waals surface area (Å²) >= 11 is 0. The van der Waals surface area contributed by atoms with Gasteiger partial charge in [-0.05, 0) is 19.3 Å². The zero-order chi connectivity index (χ0) is 59.2.